The van der Waals surface area contributed by atoms with Gasteiger partial charge in [0.05, 0.1) is 11.4 Å². The van der Waals surface area contributed by atoms with Gasteiger partial charge in [-0.05, 0) is 30.7 Å². The number of para-hydroxylation sites is 1. The minimum absolute atomic E-state index is 0.0323. The van der Waals surface area contributed by atoms with E-state index < -0.39 is 39.8 Å². The molecule has 0 heterocycles. The molecule has 122 valence electrons. The Kier molecular flexibility index (Phi) is 5.07. The zero-order chi connectivity index (χ0) is 17.0. The van der Waals surface area contributed by atoms with Crippen LogP contribution in [-0.4, -0.2) is 20.9 Å². The quantitative estimate of drug-likeness (QED) is 0.876. The molecule has 8 heteroatoms. The Morgan fingerprint density at radius 2 is 1.65 bits per heavy atom. The molecule has 0 fully saturated rings. The van der Waals surface area contributed by atoms with E-state index in [2.05, 4.69) is 4.72 Å². The van der Waals surface area contributed by atoms with Crippen molar-refractivity contribution in [2.24, 2.45) is 0 Å². The highest BCUT2D eigenvalue weighted by Gasteiger charge is 2.18. The van der Waals surface area contributed by atoms with Gasteiger partial charge in [-0.2, -0.15) is 0 Å². The first kappa shape index (κ1) is 17.0. The molecule has 0 aliphatic heterocycles. The number of carbonyl (C=O) groups is 1. The fraction of sp³-hybridized carbons (Fsp3) is 0.133. The molecule has 2 aromatic rings. The van der Waals surface area contributed by atoms with Crippen molar-refractivity contribution in [1.82, 2.24) is 4.72 Å². The van der Waals surface area contributed by atoms with E-state index >= 15 is 0 Å². The maximum atomic E-state index is 13.4. The molecule has 1 amide bonds. The van der Waals surface area contributed by atoms with E-state index in [0.29, 0.717) is 5.56 Å². The molecule has 0 bridgehead atoms. The van der Waals surface area contributed by atoms with E-state index in [9.17, 15) is 22.0 Å². The minimum Gasteiger partial charge on any atom is -0.320 e. The Bertz CT molecular complexity index is 818. The summed E-state index contributed by atoms with van der Waals surface area (Å²) in [6.45, 7) is 0.966. The maximum absolute atomic E-state index is 13.4. The minimum atomic E-state index is -3.90. The van der Waals surface area contributed by atoms with Gasteiger partial charge in [0.1, 0.15) is 17.3 Å². The molecule has 0 saturated carbocycles. The predicted molar refractivity (Wildman–Crippen MR) is 81.4 cm³/mol. The van der Waals surface area contributed by atoms with Gasteiger partial charge in [-0.15, -0.1) is 0 Å². The van der Waals surface area contributed by atoms with Crippen LogP contribution in [0.15, 0.2) is 47.4 Å². The van der Waals surface area contributed by atoms with Crippen molar-refractivity contribution in [3.05, 3.63) is 59.7 Å². The standard InChI is InChI=1S/C15H14F2N2O3S/c1-10-5-2-3-8-13(10)23(21,22)18-9-14(20)19-15-11(16)6-4-7-12(15)17/h2-8,18H,9H2,1H3,(H,19,20). The van der Waals surface area contributed by atoms with Crippen LogP contribution in [0, 0.1) is 18.6 Å². The number of carbonyl (C=O) groups excluding carboxylic acids is 1. The number of hydrogen-bond donors (Lipinski definition) is 2. The van der Waals surface area contributed by atoms with Crippen LogP contribution in [0.2, 0.25) is 0 Å². The van der Waals surface area contributed by atoms with Crippen LogP contribution in [0.5, 0.6) is 0 Å². The molecule has 2 aromatic carbocycles. The molecule has 0 atom stereocenters. The lowest BCUT2D eigenvalue weighted by atomic mass is 10.2. The number of aryl methyl sites for hydroxylation is 1. The molecule has 23 heavy (non-hydrogen) atoms. The summed E-state index contributed by atoms with van der Waals surface area (Å²) in [5.74, 6) is -2.77. The van der Waals surface area contributed by atoms with Crippen molar-refractivity contribution in [3.8, 4) is 0 Å². The maximum Gasteiger partial charge on any atom is 0.241 e. The van der Waals surface area contributed by atoms with Crippen LogP contribution in [0.4, 0.5) is 14.5 Å². The summed E-state index contributed by atoms with van der Waals surface area (Å²) in [6, 6.07) is 9.36. The highest BCUT2D eigenvalue weighted by molar-refractivity contribution is 7.89. The summed E-state index contributed by atoms with van der Waals surface area (Å²) in [5, 5.41) is 2.00. The van der Waals surface area contributed by atoms with Crippen molar-refractivity contribution in [3.63, 3.8) is 0 Å². The summed E-state index contributed by atoms with van der Waals surface area (Å²) in [6.07, 6.45) is 0. The molecule has 2 rings (SSSR count). The van der Waals surface area contributed by atoms with Crippen molar-refractivity contribution in [1.29, 1.82) is 0 Å². The summed E-state index contributed by atoms with van der Waals surface area (Å²) in [7, 11) is -3.90. The fourth-order valence-corrected chi connectivity index (χ4v) is 3.12. The first-order chi connectivity index (χ1) is 10.8. The second-order valence-corrected chi connectivity index (χ2v) is 6.47. The Labute approximate surface area is 132 Å². The first-order valence-corrected chi connectivity index (χ1v) is 8.09. The summed E-state index contributed by atoms with van der Waals surface area (Å²) in [5.41, 5.74) is -0.104. The highest BCUT2D eigenvalue weighted by atomic mass is 32.2. The molecule has 2 N–H and O–H groups in total. The zero-order valence-corrected chi connectivity index (χ0v) is 13.0. The number of anilines is 1. The van der Waals surface area contributed by atoms with Gasteiger partial charge < -0.3 is 5.32 Å². The van der Waals surface area contributed by atoms with E-state index in [1.54, 1.807) is 25.1 Å². The van der Waals surface area contributed by atoms with Gasteiger partial charge in [0.2, 0.25) is 15.9 Å². The van der Waals surface area contributed by atoms with Crippen molar-refractivity contribution >= 4 is 21.6 Å². The number of rotatable bonds is 5. The van der Waals surface area contributed by atoms with Crippen LogP contribution in [-0.2, 0) is 14.8 Å². The number of amides is 1. The third-order valence-corrected chi connectivity index (χ3v) is 4.59. The number of halogens is 2. The molecular formula is C15H14F2N2O3S. The van der Waals surface area contributed by atoms with Gasteiger partial charge in [0.25, 0.3) is 0 Å². The van der Waals surface area contributed by atoms with E-state index in [4.69, 9.17) is 0 Å². The average Bonchev–Trinajstić information content (AvgIpc) is 2.49. The molecular weight excluding hydrogens is 326 g/mol. The topological polar surface area (TPSA) is 75.3 Å². The van der Waals surface area contributed by atoms with Crippen molar-refractivity contribution in [2.75, 3.05) is 11.9 Å². The third kappa shape index (κ3) is 4.11. The molecule has 5 nitrogen and oxygen atoms in total. The average molecular weight is 340 g/mol. The smallest absolute Gasteiger partial charge is 0.241 e. The van der Waals surface area contributed by atoms with E-state index in [0.717, 1.165) is 18.2 Å². The zero-order valence-electron chi connectivity index (χ0n) is 12.1. The van der Waals surface area contributed by atoms with E-state index in [1.807, 2.05) is 5.32 Å². The molecule has 0 radical (unpaired) electrons. The number of hydrogen-bond acceptors (Lipinski definition) is 3. The first-order valence-electron chi connectivity index (χ1n) is 6.60. The predicted octanol–water partition coefficient (Wildman–Crippen LogP) is 2.19. The van der Waals surface area contributed by atoms with E-state index in [1.165, 1.54) is 6.07 Å². The Hall–Kier alpha value is -2.32. The van der Waals surface area contributed by atoms with Crippen molar-refractivity contribution in [2.45, 2.75) is 11.8 Å². The fourth-order valence-electron chi connectivity index (χ4n) is 1.90. The second kappa shape index (κ2) is 6.84. The van der Waals surface area contributed by atoms with Crippen LogP contribution in [0.3, 0.4) is 0 Å². The van der Waals surface area contributed by atoms with Crippen LogP contribution in [0.25, 0.3) is 0 Å². The Balaban J connectivity index is 2.06. The molecule has 0 aromatic heterocycles. The van der Waals surface area contributed by atoms with Crippen molar-refractivity contribution < 1.29 is 22.0 Å². The van der Waals surface area contributed by atoms with Crippen LogP contribution < -0.4 is 10.0 Å². The van der Waals surface area contributed by atoms with Gasteiger partial charge in [-0.3, -0.25) is 4.79 Å². The molecule has 0 saturated heterocycles. The van der Waals surface area contributed by atoms with Gasteiger partial charge in [-0.1, -0.05) is 24.3 Å². The van der Waals surface area contributed by atoms with Gasteiger partial charge in [0, 0.05) is 0 Å². The number of benzene rings is 2. The summed E-state index contributed by atoms with van der Waals surface area (Å²) >= 11 is 0. The molecule has 0 spiro atoms. The molecule has 0 aliphatic rings. The Morgan fingerprint density at radius 3 is 2.26 bits per heavy atom. The molecule has 0 unspecified atom stereocenters. The highest BCUT2D eigenvalue weighted by Crippen LogP contribution is 2.18. The summed E-state index contributed by atoms with van der Waals surface area (Å²) < 4.78 is 53.1. The lowest BCUT2D eigenvalue weighted by molar-refractivity contribution is -0.115. The largest absolute Gasteiger partial charge is 0.320 e. The lowest BCUT2D eigenvalue weighted by Gasteiger charge is -2.10. The third-order valence-electron chi connectivity index (χ3n) is 3.03. The Morgan fingerprint density at radius 1 is 1.04 bits per heavy atom. The SMILES string of the molecule is Cc1ccccc1S(=O)(=O)NCC(=O)Nc1c(F)cccc1F. The molecule has 0 aliphatic carbocycles. The monoisotopic (exact) mass is 340 g/mol. The number of nitrogens with one attached hydrogen (secondary N) is 2. The summed E-state index contributed by atoms with van der Waals surface area (Å²) in [4.78, 5) is 11.7. The normalized spacial score (nSPS) is 11.3. The van der Waals surface area contributed by atoms with Gasteiger partial charge in [0.15, 0.2) is 0 Å². The van der Waals surface area contributed by atoms with Crippen LogP contribution in [0.1, 0.15) is 5.56 Å². The van der Waals surface area contributed by atoms with E-state index in [-0.39, 0.29) is 4.90 Å². The van der Waals surface area contributed by atoms with Gasteiger partial charge in [-0.25, -0.2) is 21.9 Å². The number of sulfonamides is 1. The lowest BCUT2D eigenvalue weighted by Crippen LogP contribution is -2.33. The van der Waals surface area contributed by atoms with Crippen LogP contribution >= 0.6 is 0 Å². The second-order valence-electron chi connectivity index (χ2n) is 4.73. The van der Waals surface area contributed by atoms with Gasteiger partial charge >= 0.3 is 0 Å².